The van der Waals surface area contributed by atoms with Gasteiger partial charge in [-0.05, 0) is 26.7 Å². The van der Waals surface area contributed by atoms with E-state index in [9.17, 15) is 16.8 Å². The van der Waals surface area contributed by atoms with Crippen LogP contribution in [0, 0.1) is 0 Å². The number of aliphatic hydroxyl groups is 2. The first-order valence-electron chi connectivity index (χ1n) is 4.89. The number of sulfone groups is 2. The third kappa shape index (κ3) is 5.24. The van der Waals surface area contributed by atoms with Crippen molar-refractivity contribution in [3.05, 3.63) is 0 Å². The summed E-state index contributed by atoms with van der Waals surface area (Å²) in [7, 11) is -7.08. The molecule has 0 rings (SSSR count). The van der Waals surface area contributed by atoms with Crippen molar-refractivity contribution in [2.24, 2.45) is 0 Å². The summed E-state index contributed by atoms with van der Waals surface area (Å²) in [6, 6.07) is 0. The summed E-state index contributed by atoms with van der Waals surface area (Å²) in [5.74, 6) is -0.500. The number of hydrogen-bond acceptors (Lipinski definition) is 6. The molecular weight excluding hydrogens is 256 g/mol. The average molecular weight is 274 g/mol. The summed E-state index contributed by atoms with van der Waals surface area (Å²) in [6.45, 7) is 2.31. The van der Waals surface area contributed by atoms with Gasteiger partial charge in [0, 0.05) is 0 Å². The van der Waals surface area contributed by atoms with Gasteiger partial charge in [0.2, 0.25) is 0 Å². The third-order valence-electron chi connectivity index (χ3n) is 2.15. The molecule has 98 valence electrons. The molecule has 0 amide bonds. The number of hydrogen-bond donors (Lipinski definition) is 2. The van der Waals surface area contributed by atoms with Crippen LogP contribution in [0.2, 0.25) is 0 Å². The van der Waals surface area contributed by atoms with Gasteiger partial charge in [-0.3, -0.25) is 0 Å². The van der Waals surface area contributed by atoms with Crippen molar-refractivity contribution in [1.29, 1.82) is 0 Å². The van der Waals surface area contributed by atoms with E-state index >= 15 is 0 Å². The Hall–Kier alpha value is -0.180. The molecule has 0 aliphatic heterocycles. The molecule has 0 saturated carbocycles. The maximum Gasteiger partial charge on any atom is 0.176 e. The molecule has 0 saturated heterocycles. The fourth-order valence-electron chi connectivity index (χ4n) is 0.948. The lowest BCUT2D eigenvalue weighted by Gasteiger charge is -2.08. The maximum atomic E-state index is 11.1. The Bertz CT molecular complexity index is 352. The van der Waals surface area contributed by atoms with Crippen LogP contribution in [0.1, 0.15) is 26.7 Å². The lowest BCUT2D eigenvalue weighted by Crippen LogP contribution is -2.23. The first-order valence-corrected chi connectivity index (χ1v) is 8.32. The average Bonchev–Trinajstić information content (AvgIpc) is 2.12. The fourth-order valence-corrected chi connectivity index (χ4v) is 2.84. The zero-order valence-electron chi connectivity index (χ0n) is 9.33. The molecule has 6 nitrogen and oxygen atoms in total. The minimum atomic E-state index is -3.54. The van der Waals surface area contributed by atoms with Crippen molar-refractivity contribution in [3.8, 4) is 0 Å². The molecule has 0 aliphatic carbocycles. The van der Waals surface area contributed by atoms with Crippen LogP contribution in [-0.4, -0.2) is 49.4 Å². The van der Waals surface area contributed by atoms with E-state index in [1.54, 1.807) is 0 Å². The van der Waals surface area contributed by atoms with Crippen LogP contribution in [-0.2, 0) is 19.7 Å². The van der Waals surface area contributed by atoms with Gasteiger partial charge in [-0.1, -0.05) is 0 Å². The van der Waals surface area contributed by atoms with Crippen LogP contribution < -0.4 is 0 Å². The van der Waals surface area contributed by atoms with Gasteiger partial charge in [0.25, 0.3) is 0 Å². The van der Waals surface area contributed by atoms with Gasteiger partial charge in [0.15, 0.2) is 30.5 Å². The quantitative estimate of drug-likeness (QED) is 0.593. The van der Waals surface area contributed by atoms with Gasteiger partial charge >= 0.3 is 0 Å². The van der Waals surface area contributed by atoms with Gasteiger partial charge in [-0.2, -0.15) is 0 Å². The Morgan fingerprint density at radius 2 is 1.06 bits per heavy atom. The Balaban J connectivity index is 4.05. The smallest absolute Gasteiger partial charge is 0.176 e. The zero-order valence-corrected chi connectivity index (χ0v) is 11.0. The minimum absolute atomic E-state index is 0.152. The highest BCUT2D eigenvalue weighted by Crippen LogP contribution is 2.06. The second-order valence-electron chi connectivity index (χ2n) is 3.64. The standard InChI is InChI=1S/C8H18O6S2/c1-7(9)15(11,12)5-3-4-6-16(13,14)8(2)10/h7-10H,3-6H2,1-2H3. The molecule has 16 heavy (non-hydrogen) atoms. The SMILES string of the molecule is CC(O)S(=O)(=O)CCCCS(=O)(=O)C(C)O. The highest BCUT2D eigenvalue weighted by atomic mass is 32.2. The summed E-state index contributed by atoms with van der Waals surface area (Å²) >= 11 is 0. The lowest BCUT2D eigenvalue weighted by atomic mass is 10.4. The molecule has 0 aromatic heterocycles. The lowest BCUT2D eigenvalue weighted by molar-refractivity contribution is 0.267. The van der Waals surface area contributed by atoms with E-state index in [1.807, 2.05) is 0 Å². The Morgan fingerprint density at radius 1 is 0.812 bits per heavy atom. The van der Waals surface area contributed by atoms with Crippen molar-refractivity contribution < 1.29 is 27.0 Å². The normalized spacial score (nSPS) is 17.0. The van der Waals surface area contributed by atoms with Crippen LogP contribution in [0.4, 0.5) is 0 Å². The summed E-state index contributed by atoms with van der Waals surface area (Å²) < 4.78 is 44.6. The molecule has 0 fully saturated rings. The van der Waals surface area contributed by atoms with Gasteiger partial charge in [0.1, 0.15) is 0 Å². The molecule has 2 atom stereocenters. The molecule has 2 unspecified atom stereocenters. The summed E-state index contributed by atoms with van der Waals surface area (Å²) in [4.78, 5) is 0. The van der Waals surface area contributed by atoms with Crippen molar-refractivity contribution in [2.45, 2.75) is 37.6 Å². The van der Waals surface area contributed by atoms with Crippen LogP contribution in [0.5, 0.6) is 0 Å². The predicted molar refractivity (Wildman–Crippen MR) is 60.2 cm³/mol. The van der Waals surface area contributed by atoms with Gasteiger partial charge in [-0.25, -0.2) is 16.8 Å². The molecule has 0 heterocycles. The Kier molecular flexibility index (Phi) is 5.88. The monoisotopic (exact) mass is 274 g/mol. The largest absolute Gasteiger partial charge is 0.377 e. The zero-order chi connectivity index (χ0) is 13.0. The van der Waals surface area contributed by atoms with E-state index in [0.717, 1.165) is 13.8 Å². The van der Waals surface area contributed by atoms with Crippen molar-refractivity contribution in [1.82, 2.24) is 0 Å². The van der Waals surface area contributed by atoms with Crippen LogP contribution >= 0.6 is 0 Å². The second-order valence-corrected chi connectivity index (χ2v) is 8.47. The van der Waals surface area contributed by atoms with E-state index in [-0.39, 0.29) is 24.3 Å². The molecule has 8 heteroatoms. The van der Waals surface area contributed by atoms with Crippen LogP contribution in [0.25, 0.3) is 0 Å². The van der Waals surface area contributed by atoms with Crippen LogP contribution in [0.3, 0.4) is 0 Å². The van der Waals surface area contributed by atoms with E-state index in [4.69, 9.17) is 10.2 Å². The first-order chi connectivity index (χ1) is 7.09. The van der Waals surface area contributed by atoms with Crippen molar-refractivity contribution in [3.63, 3.8) is 0 Å². The van der Waals surface area contributed by atoms with Crippen LogP contribution in [0.15, 0.2) is 0 Å². The van der Waals surface area contributed by atoms with E-state index in [0.29, 0.717) is 0 Å². The predicted octanol–water partition coefficient (Wildman–Crippen LogP) is -0.727. The topological polar surface area (TPSA) is 109 Å². The second kappa shape index (κ2) is 5.95. The molecule has 0 aliphatic rings. The number of unbranched alkanes of at least 4 members (excludes halogenated alkanes) is 1. The minimum Gasteiger partial charge on any atom is -0.377 e. The third-order valence-corrected chi connectivity index (χ3v) is 5.94. The number of rotatable bonds is 7. The molecule has 0 aromatic carbocycles. The fraction of sp³-hybridized carbons (Fsp3) is 1.00. The summed E-state index contributed by atoms with van der Waals surface area (Å²) in [5, 5.41) is 17.8. The first kappa shape index (κ1) is 15.8. The van der Waals surface area contributed by atoms with E-state index in [2.05, 4.69) is 0 Å². The summed E-state index contributed by atoms with van der Waals surface area (Å²) in [6.07, 6.45) is 0.304. The van der Waals surface area contributed by atoms with Crippen molar-refractivity contribution >= 4 is 19.7 Å². The van der Waals surface area contributed by atoms with E-state index < -0.39 is 30.5 Å². The molecule has 0 spiro atoms. The molecule has 0 aromatic rings. The summed E-state index contributed by atoms with van der Waals surface area (Å²) in [5.41, 5.74) is -2.86. The van der Waals surface area contributed by atoms with Crippen molar-refractivity contribution in [2.75, 3.05) is 11.5 Å². The van der Waals surface area contributed by atoms with Gasteiger partial charge in [-0.15, -0.1) is 0 Å². The molecule has 0 radical (unpaired) electrons. The highest BCUT2D eigenvalue weighted by molar-refractivity contribution is 7.92. The van der Waals surface area contributed by atoms with Gasteiger partial charge < -0.3 is 10.2 Å². The number of aliphatic hydroxyl groups excluding tert-OH is 2. The maximum absolute atomic E-state index is 11.1. The van der Waals surface area contributed by atoms with E-state index in [1.165, 1.54) is 0 Å². The molecule has 0 bridgehead atoms. The Morgan fingerprint density at radius 3 is 1.25 bits per heavy atom. The highest BCUT2D eigenvalue weighted by Gasteiger charge is 2.20. The Labute approximate surface area is 96.1 Å². The molecular formula is C8H18O6S2. The molecule has 2 N–H and O–H groups in total. The van der Waals surface area contributed by atoms with Gasteiger partial charge in [0.05, 0.1) is 11.5 Å².